The van der Waals surface area contributed by atoms with E-state index in [9.17, 15) is 4.79 Å². The highest BCUT2D eigenvalue weighted by molar-refractivity contribution is 6.32. The molecule has 3 aromatic rings. The Bertz CT molecular complexity index is 888. The van der Waals surface area contributed by atoms with Crippen LogP contribution in [0.3, 0.4) is 0 Å². The third-order valence-electron chi connectivity index (χ3n) is 4.03. The molecule has 130 valence electrons. The van der Waals surface area contributed by atoms with E-state index in [-0.39, 0.29) is 10.6 Å². The fraction of sp³-hybridized carbons (Fsp3) is 0.278. The fourth-order valence-corrected chi connectivity index (χ4v) is 2.80. The fourth-order valence-electron chi connectivity index (χ4n) is 2.59. The monoisotopic (exact) mass is 357 g/mol. The van der Waals surface area contributed by atoms with Crippen molar-refractivity contribution in [3.63, 3.8) is 0 Å². The molecule has 0 spiro atoms. The number of halogens is 1. The molecule has 1 aromatic carbocycles. The average molecular weight is 358 g/mol. The van der Waals surface area contributed by atoms with E-state index in [1.54, 1.807) is 6.20 Å². The maximum absolute atomic E-state index is 12.4. The highest BCUT2D eigenvalue weighted by Gasteiger charge is 2.09. The van der Waals surface area contributed by atoms with Crippen molar-refractivity contribution in [3.05, 3.63) is 74.9 Å². The van der Waals surface area contributed by atoms with E-state index in [1.807, 2.05) is 43.5 Å². The highest BCUT2D eigenvalue weighted by Crippen LogP contribution is 2.16. The molecule has 6 nitrogen and oxygen atoms in total. The number of aromatic amines is 1. The predicted molar refractivity (Wildman–Crippen MR) is 99.2 cm³/mol. The highest BCUT2D eigenvalue weighted by atomic mass is 35.5. The Kier molecular flexibility index (Phi) is 5.50. The zero-order valence-corrected chi connectivity index (χ0v) is 14.8. The molecule has 0 aliphatic rings. The first-order chi connectivity index (χ1) is 12.1. The Morgan fingerprint density at radius 2 is 2.04 bits per heavy atom. The molecule has 3 rings (SSSR count). The van der Waals surface area contributed by atoms with Crippen LogP contribution >= 0.6 is 11.6 Å². The normalized spacial score (nSPS) is 10.8. The third-order valence-corrected chi connectivity index (χ3v) is 4.40. The lowest BCUT2D eigenvalue weighted by Crippen LogP contribution is -2.25. The van der Waals surface area contributed by atoms with Gasteiger partial charge in [-0.1, -0.05) is 41.9 Å². The maximum Gasteiger partial charge on any atom is 0.287 e. The molecular formula is C18H20ClN5O. The number of H-pyrrole nitrogens is 1. The second kappa shape index (κ2) is 7.98. The molecule has 0 unspecified atom stereocenters. The Morgan fingerprint density at radius 3 is 2.76 bits per heavy atom. The van der Waals surface area contributed by atoms with Gasteiger partial charge in [0, 0.05) is 12.2 Å². The summed E-state index contributed by atoms with van der Waals surface area (Å²) in [5, 5.41) is 14.5. The molecule has 25 heavy (non-hydrogen) atoms. The number of aromatic nitrogens is 4. The van der Waals surface area contributed by atoms with Crippen molar-refractivity contribution in [2.75, 3.05) is 11.9 Å². The van der Waals surface area contributed by atoms with Gasteiger partial charge in [0.2, 0.25) is 0 Å². The predicted octanol–water partition coefficient (Wildman–Crippen LogP) is 3.02. The summed E-state index contributed by atoms with van der Waals surface area (Å²) in [6.07, 6.45) is 5.26. The van der Waals surface area contributed by atoms with Crippen LogP contribution in [-0.2, 0) is 13.0 Å². The molecule has 0 bridgehead atoms. The van der Waals surface area contributed by atoms with Gasteiger partial charge < -0.3 is 5.32 Å². The van der Waals surface area contributed by atoms with E-state index in [0.29, 0.717) is 18.8 Å². The Balaban J connectivity index is 1.60. The minimum absolute atomic E-state index is 0.172. The number of nitrogens with zero attached hydrogens (tertiary/aromatic N) is 3. The first-order valence-electron chi connectivity index (χ1n) is 8.17. The number of rotatable bonds is 7. The van der Waals surface area contributed by atoms with Crippen LogP contribution in [0.15, 0.2) is 47.5 Å². The lowest BCUT2D eigenvalue weighted by Gasteiger charge is -2.10. The summed E-state index contributed by atoms with van der Waals surface area (Å²) in [5.41, 5.74) is 3.57. The molecule has 0 saturated carbocycles. The third kappa shape index (κ3) is 4.28. The number of anilines is 1. The van der Waals surface area contributed by atoms with E-state index in [4.69, 9.17) is 11.6 Å². The number of benzene rings is 1. The van der Waals surface area contributed by atoms with Crippen molar-refractivity contribution < 1.29 is 0 Å². The van der Waals surface area contributed by atoms with Gasteiger partial charge in [0.15, 0.2) is 0 Å². The molecule has 2 N–H and O–H groups in total. The minimum atomic E-state index is -0.291. The summed E-state index contributed by atoms with van der Waals surface area (Å²) in [6.45, 7) is 3.11. The van der Waals surface area contributed by atoms with Crippen molar-refractivity contribution in [1.82, 2.24) is 20.0 Å². The quantitative estimate of drug-likeness (QED) is 0.637. The van der Waals surface area contributed by atoms with Crippen LogP contribution in [0, 0.1) is 6.92 Å². The van der Waals surface area contributed by atoms with Crippen LogP contribution in [-0.4, -0.2) is 26.5 Å². The molecule has 0 aliphatic carbocycles. The smallest absolute Gasteiger partial charge is 0.287 e. The summed E-state index contributed by atoms with van der Waals surface area (Å²) < 4.78 is 1.37. The van der Waals surface area contributed by atoms with Gasteiger partial charge in [-0.15, -0.1) is 0 Å². The molecule has 0 fully saturated rings. The van der Waals surface area contributed by atoms with E-state index in [2.05, 4.69) is 20.6 Å². The molecular weight excluding hydrogens is 338 g/mol. The molecule has 0 saturated heterocycles. The molecule has 2 heterocycles. The van der Waals surface area contributed by atoms with Crippen LogP contribution < -0.4 is 10.9 Å². The number of nitrogens with one attached hydrogen (secondary N) is 2. The molecule has 7 heteroatoms. The van der Waals surface area contributed by atoms with Gasteiger partial charge in [-0.05, 0) is 30.9 Å². The molecule has 0 amide bonds. The number of aryl methyl sites for hydroxylation is 2. The summed E-state index contributed by atoms with van der Waals surface area (Å²) in [7, 11) is 0. The van der Waals surface area contributed by atoms with Crippen LogP contribution in [0.25, 0.3) is 0 Å². The molecule has 2 aromatic heterocycles. The summed E-state index contributed by atoms with van der Waals surface area (Å²) >= 11 is 6.22. The van der Waals surface area contributed by atoms with Crippen LogP contribution in [0.4, 0.5) is 5.69 Å². The summed E-state index contributed by atoms with van der Waals surface area (Å²) in [4.78, 5) is 12.4. The number of hydrogen-bond donors (Lipinski definition) is 2. The largest absolute Gasteiger partial charge is 0.382 e. The molecule has 0 atom stereocenters. The lowest BCUT2D eigenvalue weighted by atomic mass is 10.1. The Morgan fingerprint density at radius 1 is 1.24 bits per heavy atom. The minimum Gasteiger partial charge on any atom is -0.382 e. The standard InChI is InChI=1S/C18H20ClN5O/c1-13-15(10-21-23-13)8-5-9-20-16-11-22-24(18(25)17(16)19)12-14-6-3-2-4-7-14/h2-4,6-7,10-11,20H,5,8-9,12H2,1H3,(H,21,23). The van der Waals surface area contributed by atoms with Crippen molar-refractivity contribution >= 4 is 17.3 Å². The average Bonchev–Trinajstić information content (AvgIpc) is 3.03. The van der Waals surface area contributed by atoms with Crippen molar-refractivity contribution in [2.45, 2.75) is 26.3 Å². The molecule has 0 aliphatic heterocycles. The zero-order valence-electron chi connectivity index (χ0n) is 14.0. The first-order valence-corrected chi connectivity index (χ1v) is 8.55. The van der Waals surface area contributed by atoms with Gasteiger partial charge in [0.25, 0.3) is 5.56 Å². The SMILES string of the molecule is Cc1[nH]ncc1CCCNc1cnn(Cc2ccccc2)c(=O)c1Cl. The second-order valence-electron chi connectivity index (χ2n) is 5.87. The van der Waals surface area contributed by atoms with E-state index >= 15 is 0 Å². The first kappa shape index (κ1) is 17.2. The van der Waals surface area contributed by atoms with Crippen molar-refractivity contribution in [3.8, 4) is 0 Å². The van der Waals surface area contributed by atoms with Crippen molar-refractivity contribution in [2.24, 2.45) is 0 Å². The lowest BCUT2D eigenvalue weighted by molar-refractivity contribution is 0.639. The van der Waals surface area contributed by atoms with Crippen molar-refractivity contribution in [1.29, 1.82) is 0 Å². The second-order valence-corrected chi connectivity index (χ2v) is 6.25. The van der Waals surface area contributed by atoms with Crippen LogP contribution in [0.1, 0.15) is 23.2 Å². The van der Waals surface area contributed by atoms with Gasteiger partial charge >= 0.3 is 0 Å². The Labute approximate surface area is 150 Å². The molecule has 0 radical (unpaired) electrons. The maximum atomic E-state index is 12.4. The summed E-state index contributed by atoms with van der Waals surface area (Å²) in [5.74, 6) is 0. The van der Waals surface area contributed by atoms with E-state index in [0.717, 1.165) is 24.1 Å². The zero-order chi connectivity index (χ0) is 17.6. The topological polar surface area (TPSA) is 75.6 Å². The summed E-state index contributed by atoms with van der Waals surface area (Å²) in [6, 6.07) is 9.70. The van der Waals surface area contributed by atoms with E-state index < -0.39 is 0 Å². The number of hydrogen-bond acceptors (Lipinski definition) is 4. The van der Waals surface area contributed by atoms with Gasteiger partial charge in [-0.25, -0.2) is 4.68 Å². The van der Waals surface area contributed by atoms with Gasteiger partial charge in [-0.3, -0.25) is 9.89 Å². The van der Waals surface area contributed by atoms with Gasteiger partial charge in [-0.2, -0.15) is 10.2 Å². The van der Waals surface area contributed by atoms with Crippen LogP contribution in [0.2, 0.25) is 5.02 Å². The van der Waals surface area contributed by atoms with Gasteiger partial charge in [0.05, 0.1) is 24.6 Å². The van der Waals surface area contributed by atoms with Crippen LogP contribution in [0.5, 0.6) is 0 Å². The Hall–Kier alpha value is -2.60. The van der Waals surface area contributed by atoms with E-state index in [1.165, 1.54) is 10.2 Å². The van der Waals surface area contributed by atoms with Gasteiger partial charge in [0.1, 0.15) is 5.02 Å².